The molecule has 0 radical (unpaired) electrons. The van der Waals surface area contributed by atoms with Crippen molar-refractivity contribution in [2.75, 3.05) is 0 Å². The predicted octanol–water partition coefficient (Wildman–Crippen LogP) is 6.06. The van der Waals surface area contributed by atoms with Gasteiger partial charge in [0.25, 0.3) is 0 Å². The van der Waals surface area contributed by atoms with Crippen LogP contribution in [0.1, 0.15) is 85.0 Å². The highest BCUT2D eigenvalue weighted by molar-refractivity contribution is 5.16. The monoisotopic (exact) mass is 298 g/mol. The van der Waals surface area contributed by atoms with Crippen LogP contribution in [-0.4, -0.2) is 0 Å². The average molecular weight is 299 g/mol. The molecule has 0 heteroatoms. The molecule has 22 heavy (non-hydrogen) atoms. The molecular weight excluding hydrogens is 264 g/mol. The second-order valence-corrected chi connectivity index (χ2v) is 9.47. The van der Waals surface area contributed by atoms with Crippen molar-refractivity contribution in [3.8, 4) is 11.8 Å². The zero-order chi connectivity index (χ0) is 15.4. The van der Waals surface area contributed by atoms with Gasteiger partial charge in [0.2, 0.25) is 0 Å². The lowest BCUT2D eigenvalue weighted by Crippen LogP contribution is -2.52. The topological polar surface area (TPSA) is 0 Å². The minimum atomic E-state index is 0.544. The van der Waals surface area contributed by atoms with E-state index in [0.29, 0.717) is 16.7 Å². The van der Waals surface area contributed by atoms with Crippen molar-refractivity contribution in [3.05, 3.63) is 0 Å². The van der Waals surface area contributed by atoms with Gasteiger partial charge >= 0.3 is 0 Å². The molecule has 0 bridgehead atoms. The number of hydrogen-bond acceptors (Lipinski definition) is 0. The van der Waals surface area contributed by atoms with E-state index < -0.39 is 0 Å². The molecule has 122 valence electrons. The first kappa shape index (κ1) is 15.1. The summed E-state index contributed by atoms with van der Waals surface area (Å²) in [5, 5.41) is 0. The van der Waals surface area contributed by atoms with Crippen LogP contribution in [0.25, 0.3) is 0 Å². The summed E-state index contributed by atoms with van der Waals surface area (Å²) in [5.41, 5.74) is 1.24. The Balaban J connectivity index is 1.63. The van der Waals surface area contributed by atoms with E-state index in [9.17, 15) is 0 Å². The van der Waals surface area contributed by atoms with Gasteiger partial charge in [-0.1, -0.05) is 32.6 Å². The Morgan fingerprint density at radius 2 is 1.59 bits per heavy atom. The normalized spacial score (nSPS) is 53.7. The van der Waals surface area contributed by atoms with Crippen LogP contribution in [-0.2, 0) is 0 Å². The van der Waals surface area contributed by atoms with Crippen LogP contribution in [0.2, 0.25) is 0 Å². The van der Waals surface area contributed by atoms with Gasteiger partial charge in [0.1, 0.15) is 0 Å². The van der Waals surface area contributed by atoms with E-state index >= 15 is 0 Å². The van der Waals surface area contributed by atoms with Crippen LogP contribution >= 0.6 is 0 Å². The predicted molar refractivity (Wildman–Crippen MR) is 93.3 cm³/mol. The summed E-state index contributed by atoms with van der Waals surface area (Å²) in [6, 6.07) is 0. The van der Waals surface area contributed by atoms with Crippen LogP contribution in [0.5, 0.6) is 0 Å². The molecular formula is C22H34. The first-order chi connectivity index (χ1) is 10.6. The highest BCUT2D eigenvalue weighted by Crippen LogP contribution is 2.67. The standard InChI is InChI=1S/C22H34/c1-4-7-16-10-12-19-18-11-9-17-8-5-6-14-21(17,2)20(18)13-15-22(16,19)3/h16-20H,5-6,8-15H2,1-3H3/t16-,17?,18?,19?,20?,21?,22?/m0/s1. The third kappa shape index (κ3) is 1.96. The van der Waals surface area contributed by atoms with Gasteiger partial charge < -0.3 is 0 Å². The summed E-state index contributed by atoms with van der Waals surface area (Å²) in [7, 11) is 0. The lowest BCUT2D eigenvalue weighted by molar-refractivity contribution is -0.107. The van der Waals surface area contributed by atoms with Crippen molar-refractivity contribution in [1.82, 2.24) is 0 Å². The van der Waals surface area contributed by atoms with Gasteiger partial charge in [-0.05, 0) is 92.8 Å². The van der Waals surface area contributed by atoms with Crippen LogP contribution in [0.4, 0.5) is 0 Å². The van der Waals surface area contributed by atoms with E-state index in [1.165, 1.54) is 64.2 Å². The zero-order valence-corrected chi connectivity index (χ0v) is 15.0. The molecule has 0 aromatic rings. The van der Waals surface area contributed by atoms with Gasteiger partial charge in [-0.25, -0.2) is 0 Å². The van der Waals surface area contributed by atoms with Crippen molar-refractivity contribution in [3.63, 3.8) is 0 Å². The van der Waals surface area contributed by atoms with E-state index in [1.807, 2.05) is 6.92 Å². The largest absolute Gasteiger partial charge is 0.106 e. The minimum absolute atomic E-state index is 0.544. The highest BCUT2D eigenvalue weighted by atomic mass is 14.6. The summed E-state index contributed by atoms with van der Waals surface area (Å²) < 4.78 is 0. The lowest BCUT2D eigenvalue weighted by Gasteiger charge is -2.60. The first-order valence-electron chi connectivity index (χ1n) is 10.0. The second-order valence-electron chi connectivity index (χ2n) is 9.47. The minimum Gasteiger partial charge on any atom is -0.106 e. The molecule has 0 aromatic carbocycles. The quantitative estimate of drug-likeness (QED) is 0.477. The van der Waals surface area contributed by atoms with Gasteiger partial charge in [-0.3, -0.25) is 0 Å². The SMILES string of the molecule is CC#C[C@H]1CCC2C3CCC4CCCCC4(C)C3CCC21C. The molecule has 4 fully saturated rings. The molecule has 0 heterocycles. The summed E-state index contributed by atoms with van der Waals surface area (Å²) in [6.07, 6.45) is 15.0. The van der Waals surface area contributed by atoms with Crippen molar-refractivity contribution in [1.29, 1.82) is 0 Å². The zero-order valence-electron chi connectivity index (χ0n) is 15.0. The van der Waals surface area contributed by atoms with E-state index in [0.717, 1.165) is 23.7 Å². The van der Waals surface area contributed by atoms with Gasteiger partial charge in [-0.15, -0.1) is 5.92 Å². The molecule has 0 spiro atoms. The van der Waals surface area contributed by atoms with E-state index in [4.69, 9.17) is 0 Å². The molecule has 0 N–H and O–H groups in total. The molecule has 4 rings (SSSR count). The molecule has 0 aromatic heterocycles. The smallest absolute Gasteiger partial charge is 0.0259 e. The Morgan fingerprint density at radius 1 is 0.773 bits per heavy atom. The fourth-order valence-electron chi connectivity index (χ4n) is 7.71. The van der Waals surface area contributed by atoms with E-state index in [2.05, 4.69) is 25.7 Å². The molecule has 0 nitrogen and oxygen atoms in total. The van der Waals surface area contributed by atoms with Crippen LogP contribution < -0.4 is 0 Å². The Morgan fingerprint density at radius 3 is 2.41 bits per heavy atom. The van der Waals surface area contributed by atoms with Crippen molar-refractivity contribution in [2.24, 2.45) is 40.4 Å². The second kappa shape index (κ2) is 5.29. The Bertz CT molecular complexity index is 494. The third-order valence-electron chi connectivity index (χ3n) is 8.90. The number of fused-ring (bicyclic) bond motifs is 5. The number of rotatable bonds is 0. The molecule has 0 aliphatic heterocycles. The Hall–Kier alpha value is -0.440. The fourth-order valence-corrected chi connectivity index (χ4v) is 7.71. The maximum Gasteiger partial charge on any atom is 0.0259 e. The molecule has 6 unspecified atom stereocenters. The van der Waals surface area contributed by atoms with Crippen molar-refractivity contribution in [2.45, 2.75) is 85.0 Å². The molecule has 0 amide bonds. The highest BCUT2D eigenvalue weighted by Gasteiger charge is 2.59. The Kier molecular flexibility index (Phi) is 3.63. The van der Waals surface area contributed by atoms with Crippen molar-refractivity contribution >= 4 is 0 Å². The fraction of sp³-hybridized carbons (Fsp3) is 0.909. The first-order valence-corrected chi connectivity index (χ1v) is 10.0. The average Bonchev–Trinajstić information content (AvgIpc) is 2.84. The molecule has 4 aliphatic carbocycles. The van der Waals surface area contributed by atoms with Gasteiger partial charge in [-0.2, -0.15) is 0 Å². The summed E-state index contributed by atoms with van der Waals surface area (Å²) in [5.74, 6) is 11.6. The lowest BCUT2D eigenvalue weighted by atomic mass is 9.45. The maximum absolute atomic E-state index is 3.60. The van der Waals surface area contributed by atoms with Gasteiger partial charge in [0.05, 0.1) is 0 Å². The van der Waals surface area contributed by atoms with Crippen LogP contribution in [0, 0.1) is 52.3 Å². The Labute approximate surface area is 137 Å². The summed E-state index contributed by atoms with van der Waals surface area (Å²) >= 11 is 0. The van der Waals surface area contributed by atoms with Crippen LogP contribution in [0.15, 0.2) is 0 Å². The van der Waals surface area contributed by atoms with Gasteiger partial charge in [0, 0.05) is 5.92 Å². The molecule has 7 atom stereocenters. The molecule has 0 saturated heterocycles. The third-order valence-corrected chi connectivity index (χ3v) is 8.90. The summed E-state index contributed by atoms with van der Waals surface area (Å²) in [6.45, 7) is 7.33. The molecule has 4 saturated carbocycles. The summed E-state index contributed by atoms with van der Waals surface area (Å²) in [4.78, 5) is 0. The van der Waals surface area contributed by atoms with Crippen molar-refractivity contribution < 1.29 is 0 Å². The van der Waals surface area contributed by atoms with E-state index in [-0.39, 0.29) is 0 Å². The van der Waals surface area contributed by atoms with E-state index in [1.54, 1.807) is 0 Å². The van der Waals surface area contributed by atoms with Gasteiger partial charge in [0.15, 0.2) is 0 Å². The number of hydrogen-bond donors (Lipinski definition) is 0. The van der Waals surface area contributed by atoms with Crippen LogP contribution in [0.3, 0.4) is 0 Å². The maximum atomic E-state index is 3.60. The molecule has 4 aliphatic rings.